The minimum Gasteiger partial charge on any atom is -0.489 e. The van der Waals surface area contributed by atoms with Gasteiger partial charge in [-0.25, -0.2) is 0 Å². The van der Waals surface area contributed by atoms with Crippen LogP contribution in [-0.4, -0.2) is 35.6 Å². The van der Waals surface area contributed by atoms with Gasteiger partial charge in [-0.3, -0.25) is 0 Å². The molecule has 7 aromatic rings. The van der Waals surface area contributed by atoms with Crippen molar-refractivity contribution in [3.05, 3.63) is 166 Å². The Bertz CT molecular complexity index is 2650. The molecule has 0 saturated heterocycles. The number of thioether (sulfide) groups is 3. The molecular weight excluding hydrogens is 832 g/mol. The van der Waals surface area contributed by atoms with Gasteiger partial charge in [-0.2, -0.15) is 0 Å². The number of hydrogen-bond donors (Lipinski definition) is 0. The van der Waals surface area contributed by atoms with Gasteiger partial charge in [0.25, 0.3) is 0 Å². The molecule has 0 saturated carbocycles. The summed E-state index contributed by atoms with van der Waals surface area (Å²) in [5.74, 6) is 7.07. The molecule has 3 atom stereocenters. The Balaban J connectivity index is 0.715. The molecular formula is C50H40Cl2O4S3. The largest absolute Gasteiger partial charge is 0.489 e. The molecule has 4 nitrogen and oxygen atoms in total. The molecule has 3 unspecified atom stereocenters. The van der Waals surface area contributed by atoms with Crippen LogP contribution in [0.15, 0.2) is 148 Å². The second-order valence-corrected chi connectivity index (χ2v) is 19.3. The first kappa shape index (κ1) is 38.8. The summed E-state index contributed by atoms with van der Waals surface area (Å²) in [4.78, 5) is 3.67. The quantitative estimate of drug-likeness (QED) is 0.113. The van der Waals surface area contributed by atoms with Crippen LogP contribution in [0, 0.1) is 6.92 Å². The molecule has 3 aliphatic heterocycles. The molecule has 0 radical (unpaired) electrons. The third-order valence-electron chi connectivity index (χ3n) is 11.1. The van der Waals surface area contributed by atoms with Crippen molar-refractivity contribution in [2.45, 2.75) is 59.2 Å². The Morgan fingerprint density at radius 3 is 1.92 bits per heavy atom. The van der Waals surface area contributed by atoms with Gasteiger partial charge >= 0.3 is 0 Å². The highest BCUT2D eigenvalue weighted by Crippen LogP contribution is 2.43. The Kier molecular flexibility index (Phi) is 11.1. The lowest BCUT2D eigenvalue weighted by molar-refractivity contribution is 0.257. The first-order valence-electron chi connectivity index (χ1n) is 19.9. The molecule has 10 rings (SSSR count). The Labute approximate surface area is 367 Å². The Morgan fingerprint density at radius 1 is 0.576 bits per heavy atom. The number of benzene rings is 7. The average Bonchev–Trinajstić information content (AvgIpc) is 4.00. The molecule has 3 heterocycles. The summed E-state index contributed by atoms with van der Waals surface area (Å²) >= 11 is 18.0. The Morgan fingerprint density at radius 2 is 1.19 bits per heavy atom. The van der Waals surface area contributed by atoms with Gasteiger partial charge in [0.2, 0.25) is 0 Å². The van der Waals surface area contributed by atoms with E-state index in [1.54, 1.807) is 17.8 Å². The fraction of sp³-hybridized carbons (Fsp3) is 0.200. The van der Waals surface area contributed by atoms with E-state index >= 15 is 0 Å². The third-order valence-corrected chi connectivity index (χ3v) is 15.1. The van der Waals surface area contributed by atoms with Crippen LogP contribution < -0.4 is 18.9 Å². The first-order valence-corrected chi connectivity index (χ1v) is 23.6. The van der Waals surface area contributed by atoms with Crippen LogP contribution in [0.2, 0.25) is 10.0 Å². The molecule has 7 aromatic carbocycles. The van der Waals surface area contributed by atoms with Crippen molar-refractivity contribution >= 4 is 69.3 Å². The van der Waals surface area contributed by atoms with Gasteiger partial charge < -0.3 is 18.9 Å². The minimum atomic E-state index is 0.0755. The summed E-state index contributed by atoms with van der Waals surface area (Å²) in [6, 6.07) is 46.7. The molecule has 0 aromatic heterocycles. The number of ether oxygens (including phenoxy) is 4. The zero-order valence-electron chi connectivity index (χ0n) is 32.3. The summed E-state index contributed by atoms with van der Waals surface area (Å²) in [5, 5.41) is 3.64. The lowest BCUT2D eigenvalue weighted by atomic mass is 9.99. The summed E-state index contributed by atoms with van der Waals surface area (Å²) in [7, 11) is 0. The number of halogens is 2. The van der Waals surface area contributed by atoms with E-state index in [-0.39, 0.29) is 18.3 Å². The van der Waals surface area contributed by atoms with Crippen LogP contribution in [0.25, 0.3) is 21.9 Å². The third kappa shape index (κ3) is 8.51. The van der Waals surface area contributed by atoms with Crippen molar-refractivity contribution in [1.82, 2.24) is 0 Å². The highest BCUT2D eigenvalue weighted by Gasteiger charge is 2.28. The maximum Gasteiger partial charge on any atom is 0.134 e. The van der Waals surface area contributed by atoms with Crippen LogP contribution in [0.5, 0.6) is 28.7 Å². The monoisotopic (exact) mass is 870 g/mol. The van der Waals surface area contributed by atoms with Crippen molar-refractivity contribution in [2.24, 2.45) is 0 Å². The Hall–Kier alpha value is -4.37. The van der Waals surface area contributed by atoms with Gasteiger partial charge in [-0.15, -0.1) is 35.3 Å². The SMILES string of the molecule is Cc1c(Oc2ccc(SCC3Cc4ccc5cc(-c6ccc(SCC7Cc8c(Cl)cc(Cl)cc8O7)cc6)ccc5c4O3)cc2)ccc2c1OC(CSc1ccccc1)C2. The van der Waals surface area contributed by atoms with Gasteiger partial charge in [0, 0.05) is 77.8 Å². The molecule has 0 N–H and O–H groups in total. The van der Waals surface area contributed by atoms with Gasteiger partial charge in [0.1, 0.15) is 47.1 Å². The fourth-order valence-electron chi connectivity index (χ4n) is 8.07. The normalized spacial score (nSPS) is 17.5. The van der Waals surface area contributed by atoms with E-state index in [4.69, 9.17) is 42.1 Å². The molecule has 0 aliphatic carbocycles. The van der Waals surface area contributed by atoms with Gasteiger partial charge in [-0.1, -0.05) is 83.9 Å². The maximum atomic E-state index is 6.62. The zero-order valence-corrected chi connectivity index (χ0v) is 36.3. The molecule has 59 heavy (non-hydrogen) atoms. The number of hydrogen-bond acceptors (Lipinski definition) is 7. The standard InChI is InChI=1S/C50H40Cl2O4S3/c1-30-47(20-12-34-22-38(55-49(30)34)27-57-41-5-3-2-4-6-41)53-37-13-17-43(18-14-37)58-28-39-23-35-8-7-33-21-32(11-19-44(33)50(35)56-39)31-9-15-42(16-10-31)59-29-40-26-45-46(52)24-36(51)25-48(45)54-40/h2-21,24-25,38-40H,22-23,26-29H2,1H3. The molecule has 0 amide bonds. The highest BCUT2D eigenvalue weighted by atomic mass is 35.5. The van der Waals surface area contributed by atoms with Crippen LogP contribution >= 0.6 is 58.5 Å². The van der Waals surface area contributed by atoms with E-state index in [2.05, 4.69) is 128 Å². The van der Waals surface area contributed by atoms with E-state index in [9.17, 15) is 0 Å². The summed E-state index contributed by atoms with van der Waals surface area (Å²) in [6.45, 7) is 2.09. The number of rotatable bonds is 12. The maximum absolute atomic E-state index is 6.62. The van der Waals surface area contributed by atoms with Crippen LogP contribution in [0.3, 0.4) is 0 Å². The van der Waals surface area contributed by atoms with Gasteiger partial charge in [0.15, 0.2) is 0 Å². The summed E-state index contributed by atoms with van der Waals surface area (Å²) in [5.41, 5.74) is 7.00. The molecule has 9 heteroatoms. The highest BCUT2D eigenvalue weighted by molar-refractivity contribution is 7.99. The van der Waals surface area contributed by atoms with Gasteiger partial charge in [0.05, 0.1) is 0 Å². The van der Waals surface area contributed by atoms with Crippen molar-refractivity contribution in [2.75, 3.05) is 17.3 Å². The number of fused-ring (bicyclic) bond motifs is 5. The van der Waals surface area contributed by atoms with Crippen molar-refractivity contribution in [3.63, 3.8) is 0 Å². The molecule has 0 spiro atoms. The minimum absolute atomic E-state index is 0.0755. The predicted molar refractivity (Wildman–Crippen MR) is 247 cm³/mol. The van der Waals surface area contributed by atoms with E-state index in [1.807, 2.05) is 29.6 Å². The van der Waals surface area contributed by atoms with E-state index in [0.717, 1.165) is 76.4 Å². The zero-order chi connectivity index (χ0) is 39.9. The van der Waals surface area contributed by atoms with E-state index < -0.39 is 0 Å². The van der Waals surface area contributed by atoms with E-state index in [1.165, 1.54) is 47.7 Å². The molecule has 0 bridgehead atoms. The lowest BCUT2D eigenvalue weighted by Crippen LogP contribution is -2.15. The molecule has 3 aliphatic rings. The fourth-order valence-corrected chi connectivity index (χ4v) is 11.3. The first-order chi connectivity index (χ1) is 28.9. The second kappa shape index (κ2) is 16.9. The van der Waals surface area contributed by atoms with Crippen molar-refractivity contribution in [1.29, 1.82) is 0 Å². The smallest absolute Gasteiger partial charge is 0.134 e. The van der Waals surface area contributed by atoms with Crippen LogP contribution in [0.4, 0.5) is 0 Å². The van der Waals surface area contributed by atoms with E-state index in [0.29, 0.717) is 10.0 Å². The predicted octanol–water partition coefficient (Wildman–Crippen LogP) is 14.2. The van der Waals surface area contributed by atoms with Crippen molar-refractivity contribution < 1.29 is 18.9 Å². The topological polar surface area (TPSA) is 36.9 Å². The van der Waals surface area contributed by atoms with Crippen molar-refractivity contribution in [3.8, 4) is 39.9 Å². The second-order valence-electron chi connectivity index (χ2n) is 15.2. The average molecular weight is 872 g/mol. The van der Waals surface area contributed by atoms with Crippen LogP contribution in [0.1, 0.15) is 22.3 Å². The molecule has 296 valence electrons. The molecule has 0 fully saturated rings. The summed E-state index contributed by atoms with van der Waals surface area (Å²) < 4.78 is 25.5. The van der Waals surface area contributed by atoms with Gasteiger partial charge in [-0.05, 0) is 107 Å². The van der Waals surface area contributed by atoms with Crippen LogP contribution in [-0.2, 0) is 19.3 Å². The summed E-state index contributed by atoms with van der Waals surface area (Å²) in [6.07, 6.45) is 2.98. The lowest BCUT2D eigenvalue weighted by Gasteiger charge is -2.14.